The molecule has 0 spiro atoms. The highest BCUT2D eigenvalue weighted by Crippen LogP contribution is 2.33. The molecule has 0 saturated carbocycles. The third kappa shape index (κ3) is 3.36. The van der Waals surface area contributed by atoms with E-state index in [-0.39, 0.29) is 6.61 Å². The number of aryl methyl sites for hydroxylation is 1. The van der Waals surface area contributed by atoms with E-state index in [4.69, 9.17) is 4.74 Å². The average molecular weight is 262 g/mol. The first-order chi connectivity index (χ1) is 8.46. The van der Waals surface area contributed by atoms with Crippen molar-refractivity contribution < 1.29 is 27.8 Å². The predicted octanol–water partition coefficient (Wildman–Crippen LogP) is 2.58. The molecule has 0 aliphatic heterocycles. The van der Waals surface area contributed by atoms with Gasteiger partial charge in [-0.05, 0) is 36.1 Å². The molecule has 18 heavy (non-hydrogen) atoms. The van der Waals surface area contributed by atoms with Gasteiger partial charge in [0.2, 0.25) is 0 Å². The molecular formula is C12H13F3O3. The quantitative estimate of drug-likeness (QED) is 0.848. The number of benzene rings is 1. The van der Waals surface area contributed by atoms with Crippen molar-refractivity contribution in [1.82, 2.24) is 0 Å². The molecule has 2 rings (SSSR count). The molecule has 0 fully saturated rings. The fraction of sp³-hybridized carbons (Fsp3) is 0.500. The van der Waals surface area contributed by atoms with Crippen molar-refractivity contribution >= 4 is 0 Å². The lowest BCUT2D eigenvalue weighted by atomic mass is 10.1. The molecule has 1 N–H and O–H groups in total. The van der Waals surface area contributed by atoms with Gasteiger partial charge in [0.05, 0.1) is 12.7 Å². The van der Waals surface area contributed by atoms with Gasteiger partial charge in [-0.3, -0.25) is 4.74 Å². The summed E-state index contributed by atoms with van der Waals surface area (Å²) >= 11 is 0. The molecule has 0 heterocycles. The molecule has 100 valence electrons. The summed E-state index contributed by atoms with van der Waals surface area (Å²) in [6.07, 6.45) is -3.63. The van der Waals surface area contributed by atoms with E-state index < -0.39 is 19.1 Å². The minimum Gasteiger partial charge on any atom is -0.491 e. The fourth-order valence-corrected chi connectivity index (χ4v) is 1.98. The molecular weight excluding hydrogens is 249 g/mol. The Balaban J connectivity index is 1.84. The summed E-state index contributed by atoms with van der Waals surface area (Å²) in [4.78, 5) is 0. The molecule has 1 atom stereocenters. The molecule has 0 amide bonds. The first kappa shape index (κ1) is 13.2. The maximum atomic E-state index is 11.7. The summed E-state index contributed by atoms with van der Waals surface area (Å²) in [5, 5.41) is 9.59. The van der Waals surface area contributed by atoms with Gasteiger partial charge in [0.15, 0.2) is 0 Å². The predicted molar refractivity (Wildman–Crippen MR) is 57.2 cm³/mol. The van der Waals surface area contributed by atoms with Crippen molar-refractivity contribution in [3.8, 4) is 5.75 Å². The second-order valence-electron chi connectivity index (χ2n) is 4.06. The van der Waals surface area contributed by atoms with Gasteiger partial charge in [0.25, 0.3) is 0 Å². The summed E-state index contributed by atoms with van der Waals surface area (Å²) in [7, 11) is 0. The van der Waals surface area contributed by atoms with Crippen LogP contribution in [0, 0.1) is 0 Å². The van der Waals surface area contributed by atoms with Crippen molar-refractivity contribution in [2.24, 2.45) is 0 Å². The van der Waals surface area contributed by atoms with E-state index in [0.717, 1.165) is 17.5 Å². The maximum absolute atomic E-state index is 11.7. The Labute approximate surface area is 102 Å². The van der Waals surface area contributed by atoms with Crippen molar-refractivity contribution in [2.75, 3.05) is 13.2 Å². The number of rotatable bonds is 4. The highest BCUT2D eigenvalue weighted by Gasteiger charge is 2.28. The zero-order valence-corrected chi connectivity index (χ0v) is 9.54. The Kier molecular flexibility index (Phi) is 3.77. The maximum Gasteiger partial charge on any atom is 0.522 e. The highest BCUT2D eigenvalue weighted by atomic mass is 19.4. The van der Waals surface area contributed by atoms with Gasteiger partial charge in [-0.1, -0.05) is 6.07 Å². The molecule has 1 aromatic carbocycles. The number of aliphatic hydroxyl groups excluding tert-OH is 1. The van der Waals surface area contributed by atoms with Crippen molar-refractivity contribution in [1.29, 1.82) is 0 Å². The second-order valence-corrected chi connectivity index (χ2v) is 4.06. The first-order valence-corrected chi connectivity index (χ1v) is 5.60. The van der Waals surface area contributed by atoms with Gasteiger partial charge in [-0.2, -0.15) is 0 Å². The Hall–Kier alpha value is -1.27. The molecule has 0 aromatic heterocycles. The van der Waals surface area contributed by atoms with E-state index in [1.54, 1.807) is 18.2 Å². The van der Waals surface area contributed by atoms with Crippen LogP contribution in [0.3, 0.4) is 0 Å². The molecule has 1 aliphatic carbocycles. The summed E-state index contributed by atoms with van der Waals surface area (Å²) in [6.45, 7) is -0.704. The summed E-state index contributed by atoms with van der Waals surface area (Å²) in [6, 6.07) is 5.13. The van der Waals surface area contributed by atoms with Crippen LogP contribution in [0.25, 0.3) is 0 Å². The Morgan fingerprint density at radius 1 is 1.28 bits per heavy atom. The Bertz CT molecular complexity index is 418. The van der Waals surface area contributed by atoms with Crippen LogP contribution in [0.2, 0.25) is 0 Å². The van der Waals surface area contributed by atoms with Crippen LogP contribution in [0.4, 0.5) is 13.2 Å². The number of fused-ring (bicyclic) bond motifs is 1. The van der Waals surface area contributed by atoms with Crippen LogP contribution in [0.15, 0.2) is 18.2 Å². The van der Waals surface area contributed by atoms with E-state index in [9.17, 15) is 18.3 Å². The average Bonchev–Trinajstić information content (AvgIpc) is 2.65. The minimum absolute atomic E-state index is 0.166. The van der Waals surface area contributed by atoms with E-state index in [1.165, 1.54) is 0 Å². The first-order valence-electron chi connectivity index (χ1n) is 5.60. The second kappa shape index (κ2) is 5.16. The standard InChI is InChI=1S/C12H13F3O3/c13-12(14,15)18-6-5-17-9-2-3-10-8(7-9)1-4-11(10)16/h2-3,7,11,16H,1,4-6H2/t11-/m1/s1. The molecule has 0 unspecified atom stereocenters. The van der Waals surface area contributed by atoms with Gasteiger partial charge in [-0.15, -0.1) is 13.2 Å². The topological polar surface area (TPSA) is 38.7 Å². The normalized spacial score (nSPS) is 18.8. The van der Waals surface area contributed by atoms with Gasteiger partial charge in [0, 0.05) is 0 Å². The van der Waals surface area contributed by atoms with Gasteiger partial charge >= 0.3 is 6.36 Å². The number of hydrogen-bond donors (Lipinski definition) is 1. The molecule has 0 radical (unpaired) electrons. The van der Waals surface area contributed by atoms with E-state index in [1.807, 2.05) is 0 Å². The zero-order chi connectivity index (χ0) is 13.2. The molecule has 0 saturated heterocycles. The minimum atomic E-state index is -4.62. The number of halogens is 3. The third-order valence-electron chi connectivity index (χ3n) is 2.78. The van der Waals surface area contributed by atoms with Crippen LogP contribution in [0.1, 0.15) is 23.7 Å². The number of ether oxygens (including phenoxy) is 2. The third-order valence-corrected chi connectivity index (χ3v) is 2.78. The summed E-state index contributed by atoms with van der Waals surface area (Å²) in [5.41, 5.74) is 1.85. The van der Waals surface area contributed by atoms with Gasteiger partial charge in [-0.25, -0.2) is 0 Å². The molecule has 3 nitrogen and oxygen atoms in total. The lowest BCUT2D eigenvalue weighted by Crippen LogP contribution is -2.18. The SMILES string of the molecule is O[C@@H]1CCc2cc(OCCOC(F)(F)F)ccc21. The van der Waals surface area contributed by atoms with Gasteiger partial charge < -0.3 is 9.84 Å². The highest BCUT2D eigenvalue weighted by molar-refractivity contribution is 5.39. The zero-order valence-electron chi connectivity index (χ0n) is 9.54. The smallest absolute Gasteiger partial charge is 0.491 e. The van der Waals surface area contributed by atoms with Crippen LogP contribution in [-0.2, 0) is 11.2 Å². The van der Waals surface area contributed by atoms with E-state index in [2.05, 4.69) is 4.74 Å². The van der Waals surface area contributed by atoms with Crippen LogP contribution < -0.4 is 4.74 Å². The number of hydrogen-bond acceptors (Lipinski definition) is 3. The van der Waals surface area contributed by atoms with E-state index >= 15 is 0 Å². The Morgan fingerprint density at radius 3 is 2.78 bits per heavy atom. The van der Waals surface area contributed by atoms with Gasteiger partial charge in [0.1, 0.15) is 12.4 Å². The lowest BCUT2D eigenvalue weighted by Gasteiger charge is -2.10. The lowest BCUT2D eigenvalue weighted by molar-refractivity contribution is -0.325. The molecule has 1 aromatic rings. The van der Waals surface area contributed by atoms with Crippen molar-refractivity contribution in [3.05, 3.63) is 29.3 Å². The van der Waals surface area contributed by atoms with Crippen molar-refractivity contribution in [3.63, 3.8) is 0 Å². The molecule has 6 heteroatoms. The summed E-state index contributed by atoms with van der Waals surface area (Å²) in [5.74, 6) is 0.494. The number of alkyl halides is 3. The van der Waals surface area contributed by atoms with Crippen LogP contribution in [-0.4, -0.2) is 24.7 Å². The molecule has 0 bridgehead atoms. The monoisotopic (exact) mass is 262 g/mol. The fourth-order valence-electron chi connectivity index (χ4n) is 1.98. The Morgan fingerprint density at radius 2 is 2.06 bits per heavy atom. The van der Waals surface area contributed by atoms with Crippen LogP contribution in [0.5, 0.6) is 5.75 Å². The number of aliphatic hydroxyl groups is 1. The van der Waals surface area contributed by atoms with Crippen molar-refractivity contribution in [2.45, 2.75) is 25.3 Å². The summed E-state index contributed by atoms with van der Waals surface area (Å²) < 4.78 is 43.8. The molecule has 1 aliphatic rings. The van der Waals surface area contributed by atoms with Crippen LogP contribution >= 0.6 is 0 Å². The van der Waals surface area contributed by atoms with E-state index in [0.29, 0.717) is 12.2 Å². The largest absolute Gasteiger partial charge is 0.522 e.